The van der Waals surface area contributed by atoms with Gasteiger partial charge in [0.15, 0.2) is 0 Å². The van der Waals surface area contributed by atoms with Crippen molar-refractivity contribution < 1.29 is 60.5 Å². The lowest BCUT2D eigenvalue weighted by atomic mass is 9.43. The van der Waals surface area contributed by atoms with Crippen LogP contribution in [-0.4, -0.2) is 44.1 Å². The van der Waals surface area contributed by atoms with Crippen LogP contribution in [-0.2, 0) is 27.7 Å². The lowest BCUT2D eigenvalue weighted by Gasteiger charge is -2.64. The predicted molar refractivity (Wildman–Crippen MR) is 135 cm³/mol. The van der Waals surface area contributed by atoms with Gasteiger partial charge in [0.25, 0.3) is 0 Å². The first-order valence-electron chi connectivity index (χ1n) is 13.9. The summed E-state index contributed by atoms with van der Waals surface area (Å²) in [5.74, 6) is -8.63. The fourth-order valence-electron chi connectivity index (χ4n) is 9.15. The van der Waals surface area contributed by atoms with Crippen molar-refractivity contribution in [3.63, 3.8) is 0 Å². The molecule has 4 aliphatic rings. The van der Waals surface area contributed by atoms with E-state index in [1.165, 1.54) is 0 Å². The third kappa shape index (κ3) is 6.52. The van der Waals surface area contributed by atoms with Gasteiger partial charge in [-0.25, -0.2) is 31.3 Å². The van der Waals surface area contributed by atoms with Gasteiger partial charge in [0, 0.05) is 31.6 Å². The number of halogens is 3. The van der Waals surface area contributed by atoms with Crippen molar-refractivity contribution in [3.05, 3.63) is 0 Å². The molecule has 0 aromatic rings. The molecule has 0 radical (unpaired) electrons. The van der Waals surface area contributed by atoms with E-state index in [0.717, 1.165) is 0 Å². The summed E-state index contributed by atoms with van der Waals surface area (Å²) < 4.78 is 82.3. The van der Waals surface area contributed by atoms with Gasteiger partial charge in [-0.2, -0.15) is 0 Å². The van der Waals surface area contributed by atoms with Crippen LogP contribution in [0.2, 0.25) is 0 Å². The summed E-state index contributed by atoms with van der Waals surface area (Å²) in [6.45, 7) is 5.09. The van der Waals surface area contributed by atoms with Crippen LogP contribution in [0.1, 0.15) is 85.0 Å². The van der Waals surface area contributed by atoms with E-state index in [9.17, 15) is 32.5 Å². The average Bonchev–Trinajstić information content (AvgIpc) is 3.13. The molecular formula is C25H41F3O10P2. The number of ether oxygens (including phenoxy) is 1. The molecule has 9 atom stereocenters. The molecule has 4 fully saturated rings. The summed E-state index contributed by atoms with van der Waals surface area (Å²) >= 11 is 0. The lowest BCUT2D eigenvalue weighted by molar-refractivity contribution is -0.271. The molecule has 0 bridgehead atoms. The van der Waals surface area contributed by atoms with Gasteiger partial charge in [-0.1, -0.05) is 20.8 Å². The Morgan fingerprint density at radius 3 is 2.20 bits per heavy atom. The van der Waals surface area contributed by atoms with Crippen LogP contribution in [0, 0.1) is 46.3 Å². The largest absolute Gasteiger partial charge is 0.472 e. The highest BCUT2D eigenvalue weighted by Gasteiger charge is 2.70. The van der Waals surface area contributed by atoms with Gasteiger partial charge in [-0.15, -0.1) is 0 Å². The number of phosphoric acid groups is 2. The number of carbonyl (C=O) groups excluding carboxylic acids is 1. The quantitative estimate of drug-likeness (QED) is 0.143. The van der Waals surface area contributed by atoms with Crippen molar-refractivity contribution in [2.45, 2.75) is 96.8 Å². The van der Waals surface area contributed by atoms with Gasteiger partial charge in [0.05, 0.1) is 0 Å². The van der Waals surface area contributed by atoms with E-state index in [2.05, 4.69) is 11.4 Å². The zero-order valence-corrected chi connectivity index (χ0v) is 24.8. The summed E-state index contributed by atoms with van der Waals surface area (Å²) in [5, 5.41) is 0. The number of fused-ring (bicyclic) bond motifs is 5. The SMILES string of the molecule is CC(CCC(=O)OCOP(=O)(O)O)C1CCC2C3C(CCC12C)C1(C)CCC(F)(F)CC1CC3(F)OP(=O)(O)O. The first-order chi connectivity index (χ1) is 18.2. The van der Waals surface area contributed by atoms with Crippen molar-refractivity contribution in [1.29, 1.82) is 0 Å². The van der Waals surface area contributed by atoms with Crippen LogP contribution in [0.5, 0.6) is 0 Å². The second-order valence-electron chi connectivity index (χ2n) is 13.1. The van der Waals surface area contributed by atoms with E-state index < -0.39 is 75.7 Å². The summed E-state index contributed by atoms with van der Waals surface area (Å²) in [4.78, 5) is 48.8. The highest BCUT2D eigenvalue weighted by Crippen LogP contribution is 2.73. The number of esters is 1. The first kappa shape index (κ1) is 32.4. The Balaban J connectivity index is 1.53. The van der Waals surface area contributed by atoms with Gasteiger partial charge in [0.2, 0.25) is 18.6 Å². The summed E-state index contributed by atoms with van der Waals surface area (Å²) in [7, 11) is -10.0. The number of hydrogen-bond donors (Lipinski definition) is 4. The molecule has 0 spiro atoms. The van der Waals surface area contributed by atoms with Gasteiger partial charge in [0.1, 0.15) is 0 Å². The Morgan fingerprint density at radius 1 is 0.925 bits per heavy atom. The third-order valence-corrected chi connectivity index (χ3v) is 11.9. The molecule has 0 saturated heterocycles. The molecule has 0 aromatic carbocycles. The summed E-state index contributed by atoms with van der Waals surface area (Å²) in [6, 6.07) is 0. The van der Waals surface area contributed by atoms with E-state index in [1.807, 2.05) is 13.8 Å². The van der Waals surface area contributed by atoms with Crippen molar-refractivity contribution in [1.82, 2.24) is 0 Å². The van der Waals surface area contributed by atoms with E-state index in [-0.39, 0.29) is 42.9 Å². The van der Waals surface area contributed by atoms with Crippen molar-refractivity contribution in [2.24, 2.45) is 46.3 Å². The van der Waals surface area contributed by atoms with Gasteiger partial charge in [-0.3, -0.25) is 4.79 Å². The van der Waals surface area contributed by atoms with Crippen molar-refractivity contribution in [3.8, 4) is 0 Å². The van der Waals surface area contributed by atoms with Gasteiger partial charge >= 0.3 is 21.6 Å². The van der Waals surface area contributed by atoms with E-state index in [0.29, 0.717) is 32.1 Å². The zero-order valence-electron chi connectivity index (χ0n) is 23.0. The Kier molecular flexibility index (Phi) is 8.81. The standard InChI is InChI=1S/C25H41F3O10P2/c1-15(4-7-20(29)36-14-37-39(30,31)32)17-5-6-18-21-19(8-9-23(17,18)3)22(2)10-11-24(26,27)12-16(22)13-25(21,28)38-40(33,34)35/h15-19,21H,4-14H2,1-3H3,(H2,30,31,32)(H2,33,34,35). The molecule has 0 aliphatic heterocycles. The van der Waals surface area contributed by atoms with E-state index in [4.69, 9.17) is 19.0 Å². The Hall–Kier alpha value is -0.520. The first-order valence-corrected chi connectivity index (χ1v) is 16.9. The van der Waals surface area contributed by atoms with Crippen LogP contribution < -0.4 is 0 Å². The molecule has 15 heteroatoms. The minimum absolute atomic E-state index is 0.0150. The molecule has 4 aliphatic carbocycles. The minimum atomic E-state index is -5.27. The van der Waals surface area contributed by atoms with Crippen LogP contribution in [0.3, 0.4) is 0 Å². The maximum absolute atomic E-state index is 16.9. The van der Waals surface area contributed by atoms with Gasteiger partial charge < -0.3 is 24.3 Å². The van der Waals surface area contributed by atoms with Crippen molar-refractivity contribution >= 4 is 21.6 Å². The molecular weight excluding hydrogens is 579 g/mol. The minimum Gasteiger partial charge on any atom is -0.438 e. The van der Waals surface area contributed by atoms with Crippen LogP contribution in [0.15, 0.2) is 0 Å². The lowest BCUT2D eigenvalue weighted by Crippen LogP contribution is -2.63. The third-order valence-electron chi connectivity index (χ3n) is 10.9. The summed E-state index contributed by atoms with van der Waals surface area (Å²) in [5.41, 5.74) is -1.02. The topological polar surface area (TPSA) is 160 Å². The van der Waals surface area contributed by atoms with Crippen LogP contribution in [0.25, 0.3) is 0 Å². The summed E-state index contributed by atoms with van der Waals surface area (Å²) in [6.07, 6.45) is 1.80. The van der Waals surface area contributed by atoms with Gasteiger partial charge in [-0.05, 0) is 78.9 Å². The molecule has 10 nitrogen and oxygen atoms in total. The van der Waals surface area contributed by atoms with Crippen LogP contribution in [0.4, 0.5) is 13.2 Å². The number of rotatable bonds is 9. The predicted octanol–water partition coefficient (Wildman–Crippen LogP) is 5.69. The Morgan fingerprint density at radius 2 is 1.57 bits per heavy atom. The fraction of sp³-hybridized carbons (Fsp3) is 0.960. The molecule has 0 aromatic heterocycles. The van der Waals surface area contributed by atoms with Crippen molar-refractivity contribution in [2.75, 3.05) is 6.79 Å². The number of alkyl halides is 3. The average molecular weight is 621 g/mol. The number of hydrogen-bond acceptors (Lipinski definition) is 6. The second-order valence-corrected chi connectivity index (χ2v) is 15.5. The highest BCUT2D eigenvalue weighted by molar-refractivity contribution is 7.46. The molecule has 4 saturated carbocycles. The molecule has 40 heavy (non-hydrogen) atoms. The molecule has 4 N–H and O–H groups in total. The molecule has 232 valence electrons. The normalized spacial score (nSPS) is 41.9. The maximum Gasteiger partial charge on any atom is 0.472 e. The molecule has 9 unspecified atom stereocenters. The highest BCUT2D eigenvalue weighted by atomic mass is 31.2. The Bertz CT molecular complexity index is 1070. The van der Waals surface area contributed by atoms with E-state index >= 15 is 4.39 Å². The zero-order chi connectivity index (χ0) is 29.9. The monoisotopic (exact) mass is 620 g/mol. The number of carbonyl (C=O) groups is 1. The fourth-order valence-corrected chi connectivity index (χ4v) is 9.93. The maximum atomic E-state index is 16.9. The second kappa shape index (κ2) is 10.9. The molecule has 4 rings (SSSR count). The smallest absolute Gasteiger partial charge is 0.438 e. The number of phosphoric ester groups is 2. The molecule has 0 amide bonds. The van der Waals surface area contributed by atoms with Crippen LogP contribution >= 0.6 is 15.6 Å². The molecule has 0 heterocycles. The Labute approximate surface area is 232 Å². The van der Waals surface area contributed by atoms with E-state index in [1.54, 1.807) is 0 Å².